The van der Waals surface area contributed by atoms with Crippen LogP contribution in [0.4, 0.5) is 11.4 Å². The summed E-state index contributed by atoms with van der Waals surface area (Å²) in [5.41, 5.74) is 3.25. The van der Waals surface area contributed by atoms with Crippen molar-refractivity contribution in [1.82, 2.24) is 9.88 Å². The molecular formula is C22H28N4O. The molecule has 2 aliphatic heterocycles. The topological polar surface area (TPSA) is 39.7 Å². The smallest absolute Gasteiger partial charge is 0.255 e. The van der Waals surface area contributed by atoms with Crippen LogP contribution in [0.2, 0.25) is 0 Å². The van der Waals surface area contributed by atoms with Crippen LogP contribution in [0.3, 0.4) is 0 Å². The predicted octanol–water partition coefficient (Wildman–Crippen LogP) is 3.28. The number of carbonyl (C=O) groups excluding carboxylic acids is 1. The summed E-state index contributed by atoms with van der Waals surface area (Å²) in [6.07, 6.45) is 5.92. The quantitative estimate of drug-likeness (QED) is 0.838. The van der Waals surface area contributed by atoms with Crippen LogP contribution in [0.5, 0.6) is 0 Å². The van der Waals surface area contributed by atoms with Crippen LogP contribution in [-0.2, 0) is 0 Å². The molecule has 0 spiro atoms. The fourth-order valence-electron chi connectivity index (χ4n) is 3.98. The molecule has 2 fully saturated rings. The molecule has 2 aromatic rings. The van der Waals surface area contributed by atoms with E-state index in [1.807, 2.05) is 17.0 Å². The lowest BCUT2D eigenvalue weighted by molar-refractivity contribution is 0.0746. The first kappa shape index (κ1) is 17.8. The zero-order chi connectivity index (χ0) is 18.6. The van der Waals surface area contributed by atoms with Crippen LogP contribution in [0.1, 0.15) is 30.1 Å². The minimum atomic E-state index is 0.0809. The Labute approximate surface area is 161 Å². The third kappa shape index (κ3) is 4.07. The van der Waals surface area contributed by atoms with Gasteiger partial charge in [-0.1, -0.05) is 6.92 Å². The molecule has 4 rings (SSSR count). The summed E-state index contributed by atoms with van der Waals surface area (Å²) in [5.74, 6) is 0.934. The van der Waals surface area contributed by atoms with Crippen molar-refractivity contribution < 1.29 is 4.79 Å². The number of hydrogen-bond donors (Lipinski definition) is 0. The van der Waals surface area contributed by atoms with Crippen molar-refractivity contribution in [3.8, 4) is 0 Å². The van der Waals surface area contributed by atoms with Gasteiger partial charge in [0.25, 0.3) is 5.91 Å². The SMILES string of the molecule is CC1CCN(c2ccc(N3CCN(C(=O)c4cccnc4)CC3)cc2)CC1. The van der Waals surface area contributed by atoms with Crippen molar-refractivity contribution in [2.45, 2.75) is 19.8 Å². The molecule has 0 bridgehead atoms. The maximum absolute atomic E-state index is 12.5. The van der Waals surface area contributed by atoms with Gasteiger partial charge in [-0.3, -0.25) is 9.78 Å². The Balaban J connectivity index is 1.34. The molecule has 0 unspecified atom stereocenters. The maximum atomic E-state index is 12.5. The Bertz CT molecular complexity index is 746. The molecule has 1 aromatic carbocycles. The lowest BCUT2D eigenvalue weighted by Crippen LogP contribution is -2.48. The number of carbonyl (C=O) groups is 1. The molecule has 5 heteroatoms. The number of rotatable bonds is 3. The Hall–Kier alpha value is -2.56. The average molecular weight is 364 g/mol. The van der Waals surface area contributed by atoms with Gasteiger partial charge in [0.15, 0.2) is 0 Å². The Morgan fingerprint density at radius 3 is 2.04 bits per heavy atom. The summed E-state index contributed by atoms with van der Waals surface area (Å²) in [5, 5.41) is 0. The molecule has 3 heterocycles. The van der Waals surface area contributed by atoms with E-state index < -0.39 is 0 Å². The van der Waals surface area contributed by atoms with Crippen molar-refractivity contribution in [1.29, 1.82) is 0 Å². The lowest BCUT2D eigenvalue weighted by Gasteiger charge is -2.36. The summed E-state index contributed by atoms with van der Waals surface area (Å²) >= 11 is 0. The first-order valence-electron chi connectivity index (χ1n) is 10.00. The van der Waals surface area contributed by atoms with E-state index in [9.17, 15) is 4.79 Å². The van der Waals surface area contributed by atoms with Crippen molar-refractivity contribution in [3.05, 3.63) is 54.4 Å². The van der Waals surface area contributed by atoms with Crippen molar-refractivity contribution in [2.75, 3.05) is 49.1 Å². The molecule has 2 aliphatic rings. The molecular weight excluding hydrogens is 336 g/mol. The molecule has 1 amide bonds. The summed E-state index contributed by atoms with van der Waals surface area (Å²) in [6.45, 7) is 7.91. The Morgan fingerprint density at radius 1 is 0.889 bits per heavy atom. The molecule has 0 atom stereocenters. The fraction of sp³-hybridized carbons (Fsp3) is 0.455. The average Bonchev–Trinajstić information content (AvgIpc) is 2.75. The van der Waals surface area contributed by atoms with Crippen molar-refractivity contribution in [2.24, 2.45) is 5.92 Å². The first-order valence-corrected chi connectivity index (χ1v) is 10.00. The van der Waals surface area contributed by atoms with Gasteiger partial charge in [-0.15, -0.1) is 0 Å². The summed E-state index contributed by atoms with van der Waals surface area (Å²) in [6, 6.07) is 12.6. The number of piperidine rings is 1. The van der Waals surface area contributed by atoms with Crippen molar-refractivity contribution in [3.63, 3.8) is 0 Å². The van der Waals surface area contributed by atoms with E-state index >= 15 is 0 Å². The molecule has 0 radical (unpaired) electrons. The maximum Gasteiger partial charge on any atom is 0.255 e. The van der Waals surface area contributed by atoms with Gasteiger partial charge in [0.2, 0.25) is 0 Å². The molecule has 1 aromatic heterocycles. The normalized spacial score (nSPS) is 18.6. The second kappa shape index (κ2) is 7.99. The Morgan fingerprint density at radius 2 is 1.48 bits per heavy atom. The summed E-state index contributed by atoms with van der Waals surface area (Å²) < 4.78 is 0. The molecule has 2 saturated heterocycles. The second-order valence-corrected chi connectivity index (χ2v) is 7.71. The van der Waals surface area contributed by atoms with E-state index in [-0.39, 0.29) is 5.91 Å². The zero-order valence-corrected chi connectivity index (χ0v) is 16.1. The zero-order valence-electron chi connectivity index (χ0n) is 16.1. The van der Waals surface area contributed by atoms with Gasteiger partial charge < -0.3 is 14.7 Å². The number of amides is 1. The van der Waals surface area contributed by atoms with Crippen LogP contribution in [0.15, 0.2) is 48.8 Å². The van der Waals surface area contributed by atoms with Crippen LogP contribution in [-0.4, -0.2) is 55.1 Å². The highest BCUT2D eigenvalue weighted by atomic mass is 16.2. The van der Waals surface area contributed by atoms with E-state index in [1.165, 1.54) is 24.2 Å². The van der Waals surface area contributed by atoms with Gasteiger partial charge in [0.1, 0.15) is 0 Å². The number of anilines is 2. The van der Waals surface area contributed by atoms with E-state index in [0.29, 0.717) is 5.56 Å². The number of pyridine rings is 1. The van der Waals surface area contributed by atoms with E-state index in [0.717, 1.165) is 45.2 Å². The minimum absolute atomic E-state index is 0.0809. The highest BCUT2D eigenvalue weighted by Crippen LogP contribution is 2.26. The van der Waals surface area contributed by atoms with Crippen molar-refractivity contribution >= 4 is 17.3 Å². The highest BCUT2D eigenvalue weighted by molar-refractivity contribution is 5.94. The fourth-order valence-corrected chi connectivity index (χ4v) is 3.98. The van der Waals surface area contributed by atoms with E-state index in [1.54, 1.807) is 12.4 Å². The number of piperazine rings is 1. The van der Waals surface area contributed by atoms with Gasteiger partial charge in [0, 0.05) is 63.0 Å². The van der Waals surface area contributed by atoms with E-state index in [4.69, 9.17) is 0 Å². The largest absolute Gasteiger partial charge is 0.372 e. The molecule has 5 nitrogen and oxygen atoms in total. The first-order chi connectivity index (χ1) is 13.2. The number of hydrogen-bond acceptors (Lipinski definition) is 4. The molecule has 0 saturated carbocycles. The van der Waals surface area contributed by atoms with Crippen LogP contribution in [0.25, 0.3) is 0 Å². The highest BCUT2D eigenvalue weighted by Gasteiger charge is 2.23. The van der Waals surface area contributed by atoms with Gasteiger partial charge in [-0.05, 0) is 55.2 Å². The Kier molecular flexibility index (Phi) is 5.28. The minimum Gasteiger partial charge on any atom is -0.372 e. The third-order valence-corrected chi connectivity index (χ3v) is 5.84. The molecule has 142 valence electrons. The third-order valence-electron chi connectivity index (χ3n) is 5.84. The molecule has 27 heavy (non-hydrogen) atoms. The number of aromatic nitrogens is 1. The van der Waals surface area contributed by atoms with Crippen LogP contribution in [0, 0.1) is 5.92 Å². The van der Waals surface area contributed by atoms with Gasteiger partial charge in [-0.25, -0.2) is 0 Å². The van der Waals surface area contributed by atoms with E-state index in [2.05, 4.69) is 46.0 Å². The van der Waals surface area contributed by atoms with Crippen LogP contribution >= 0.6 is 0 Å². The van der Waals surface area contributed by atoms with Crippen LogP contribution < -0.4 is 9.80 Å². The monoisotopic (exact) mass is 364 g/mol. The standard InChI is InChI=1S/C22H28N4O/c1-18-8-11-24(12-9-18)20-4-6-21(7-5-20)25-13-15-26(16-14-25)22(27)19-3-2-10-23-17-19/h2-7,10,17-18H,8-9,11-16H2,1H3. The number of benzene rings is 1. The summed E-state index contributed by atoms with van der Waals surface area (Å²) in [7, 11) is 0. The van der Waals surface area contributed by atoms with Gasteiger partial charge in [-0.2, -0.15) is 0 Å². The van der Waals surface area contributed by atoms with Gasteiger partial charge in [0.05, 0.1) is 5.56 Å². The predicted molar refractivity (Wildman–Crippen MR) is 109 cm³/mol. The molecule has 0 aliphatic carbocycles. The summed E-state index contributed by atoms with van der Waals surface area (Å²) in [4.78, 5) is 23.4. The second-order valence-electron chi connectivity index (χ2n) is 7.71. The lowest BCUT2D eigenvalue weighted by atomic mass is 9.99. The molecule has 0 N–H and O–H groups in total. The van der Waals surface area contributed by atoms with Gasteiger partial charge >= 0.3 is 0 Å². The number of nitrogens with zero attached hydrogens (tertiary/aromatic N) is 4.